The van der Waals surface area contributed by atoms with Gasteiger partial charge in [-0.1, -0.05) is 146 Å². The van der Waals surface area contributed by atoms with Crippen LogP contribution in [0.25, 0.3) is 71.6 Å². The van der Waals surface area contributed by atoms with Gasteiger partial charge in [-0.3, -0.25) is 0 Å². The molecule has 2 nitrogen and oxygen atoms in total. The van der Waals surface area contributed by atoms with Gasteiger partial charge in [0.25, 0.3) is 0 Å². The maximum Gasteiger partial charge on any atom is 0.0726 e. The van der Waals surface area contributed by atoms with Crippen LogP contribution in [0.3, 0.4) is 0 Å². The molecule has 0 saturated carbocycles. The summed E-state index contributed by atoms with van der Waals surface area (Å²) in [5.74, 6) is 0. The zero-order valence-electron chi connectivity index (χ0n) is 30.0. The van der Waals surface area contributed by atoms with E-state index in [1.807, 2.05) is 0 Å². The molecule has 1 spiro atoms. The zero-order chi connectivity index (χ0) is 36.1. The van der Waals surface area contributed by atoms with E-state index in [1.54, 1.807) is 0 Å². The first-order valence-corrected chi connectivity index (χ1v) is 19.1. The number of hydrogen-bond acceptors (Lipinski definition) is 1. The summed E-state index contributed by atoms with van der Waals surface area (Å²) in [4.78, 5) is 0. The topological polar surface area (TPSA) is 17.0 Å². The van der Waals surface area contributed by atoms with Gasteiger partial charge in [-0.15, -0.1) is 0 Å². The Hall–Kier alpha value is -7.16. The Morgan fingerprint density at radius 2 is 0.909 bits per heavy atom. The molecule has 0 saturated heterocycles. The van der Waals surface area contributed by atoms with Crippen molar-refractivity contribution in [2.45, 2.75) is 5.41 Å². The van der Waals surface area contributed by atoms with Crippen LogP contribution in [0.4, 0.5) is 11.4 Å². The van der Waals surface area contributed by atoms with Crippen molar-refractivity contribution in [2.24, 2.45) is 0 Å². The molecule has 0 bridgehead atoms. The van der Waals surface area contributed by atoms with Gasteiger partial charge in [0.2, 0.25) is 0 Å². The molecule has 0 aliphatic heterocycles. The third kappa shape index (κ3) is 4.19. The highest BCUT2D eigenvalue weighted by Crippen LogP contribution is 2.63. The van der Waals surface area contributed by atoms with E-state index in [0.717, 1.165) is 17.1 Å². The molecule has 2 aliphatic carbocycles. The van der Waals surface area contributed by atoms with E-state index in [0.29, 0.717) is 0 Å². The van der Waals surface area contributed by atoms with Crippen LogP contribution in [0.2, 0.25) is 0 Å². The first-order chi connectivity index (χ1) is 27.3. The molecule has 9 aromatic carbocycles. The van der Waals surface area contributed by atoms with Crippen LogP contribution < -0.4 is 5.32 Å². The fraction of sp³-hybridized carbons (Fsp3) is 0.0189. The largest absolute Gasteiger partial charge is 0.356 e. The third-order valence-corrected chi connectivity index (χ3v) is 12.2. The van der Waals surface area contributed by atoms with Crippen molar-refractivity contribution >= 4 is 44.0 Å². The highest BCUT2D eigenvalue weighted by atomic mass is 15.0. The van der Waals surface area contributed by atoms with Crippen molar-refractivity contribution in [1.29, 1.82) is 0 Å². The Labute approximate surface area is 319 Å². The summed E-state index contributed by atoms with van der Waals surface area (Å²) in [5, 5.41) is 8.75. The standard InChI is InChI=1S/C53H34N2/c1-2-15-38(16-3-1)55-51-30-29-37(54-36-27-25-35(26-28-36)40-21-12-14-34-13-4-5-17-39(34)40)31-45(51)46-32-44-43-20-8-11-24-49(43)53(50(44)33-52(46)55)47-22-9-6-18-41(47)42-19-7-10-23-48(42)53/h1-33,54H. The predicted octanol–water partition coefficient (Wildman–Crippen LogP) is 13.7. The summed E-state index contributed by atoms with van der Waals surface area (Å²) in [7, 11) is 0. The molecule has 0 amide bonds. The molecule has 0 radical (unpaired) electrons. The molecular weight excluding hydrogens is 665 g/mol. The lowest BCUT2D eigenvalue weighted by Crippen LogP contribution is -2.25. The fourth-order valence-electron chi connectivity index (χ4n) is 9.91. The molecular formula is C53H34N2. The lowest BCUT2D eigenvalue weighted by atomic mass is 9.70. The maximum atomic E-state index is 3.75. The lowest BCUT2D eigenvalue weighted by Gasteiger charge is -2.30. The van der Waals surface area contributed by atoms with E-state index in [9.17, 15) is 0 Å². The first-order valence-electron chi connectivity index (χ1n) is 19.1. The van der Waals surface area contributed by atoms with Gasteiger partial charge in [0.15, 0.2) is 0 Å². The molecule has 0 unspecified atom stereocenters. The normalized spacial score (nSPS) is 13.2. The number of hydrogen-bond donors (Lipinski definition) is 1. The molecule has 0 fully saturated rings. The number of para-hydroxylation sites is 1. The average Bonchev–Trinajstić information content (AvgIpc) is 3.84. The second kappa shape index (κ2) is 11.4. The number of aromatic nitrogens is 1. The van der Waals surface area contributed by atoms with E-state index in [4.69, 9.17) is 0 Å². The van der Waals surface area contributed by atoms with Crippen LogP contribution in [0.5, 0.6) is 0 Å². The SMILES string of the molecule is c1ccc(-n2c3ccc(Nc4ccc(-c5cccc6ccccc56)cc4)cc3c3cc4c(cc32)C2(c3ccccc3-c3ccccc32)c2ccccc2-4)cc1. The number of nitrogens with one attached hydrogen (secondary N) is 1. The number of nitrogens with zero attached hydrogens (tertiary/aromatic N) is 1. The van der Waals surface area contributed by atoms with Crippen LogP contribution in [-0.4, -0.2) is 4.57 Å². The van der Waals surface area contributed by atoms with Gasteiger partial charge in [0.1, 0.15) is 0 Å². The van der Waals surface area contributed by atoms with Crippen molar-refractivity contribution < 1.29 is 0 Å². The molecule has 12 rings (SSSR count). The molecule has 2 aliphatic rings. The third-order valence-electron chi connectivity index (χ3n) is 12.2. The highest BCUT2D eigenvalue weighted by molar-refractivity contribution is 6.13. The maximum absolute atomic E-state index is 3.75. The van der Waals surface area contributed by atoms with Crippen molar-refractivity contribution in [2.75, 3.05) is 5.32 Å². The Morgan fingerprint density at radius 3 is 1.64 bits per heavy atom. The second-order valence-corrected chi connectivity index (χ2v) is 14.9. The van der Waals surface area contributed by atoms with Crippen LogP contribution in [0.15, 0.2) is 200 Å². The van der Waals surface area contributed by atoms with E-state index in [-0.39, 0.29) is 0 Å². The Balaban J connectivity index is 1.05. The van der Waals surface area contributed by atoms with Crippen molar-refractivity contribution in [1.82, 2.24) is 4.57 Å². The molecule has 1 heterocycles. The minimum absolute atomic E-state index is 0.393. The Morgan fingerprint density at radius 1 is 0.345 bits per heavy atom. The summed E-state index contributed by atoms with van der Waals surface area (Å²) < 4.78 is 2.46. The molecule has 1 N–H and O–H groups in total. The number of fused-ring (bicyclic) bond motifs is 14. The van der Waals surface area contributed by atoms with Crippen molar-refractivity contribution in [3.05, 3.63) is 222 Å². The van der Waals surface area contributed by atoms with Crippen LogP contribution in [0.1, 0.15) is 22.3 Å². The number of anilines is 2. The van der Waals surface area contributed by atoms with E-state index >= 15 is 0 Å². The smallest absolute Gasteiger partial charge is 0.0726 e. The lowest BCUT2D eigenvalue weighted by molar-refractivity contribution is 0.794. The number of rotatable bonds is 4. The Kier molecular flexibility index (Phi) is 6.29. The van der Waals surface area contributed by atoms with Gasteiger partial charge in [0, 0.05) is 27.8 Å². The zero-order valence-corrected chi connectivity index (χ0v) is 30.0. The molecule has 256 valence electrons. The molecule has 1 aromatic heterocycles. The van der Waals surface area contributed by atoms with Crippen LogP contribution in [0, 0.1) is 0 Å². The predicted molar refractivity (Wildman–Crippen MR) is 230 cm³/mol. The monoisotopic (exact) mass is 698 g/mol. The second-order valence-electron chi connectivity index (χ2n) is 14.9. The van der Waals surface area contributed by atoms with Crippen molar-refractivity contribution in [3.63, 3.8) is 0 Å². The Bertz CT molecular complexity index is 3120. The van der Waals surface area contributed by atoms with Gasteiger partial charge in [-0.2, -0.15) is 0 Å². The van der Waals surface area contributed by atoms with Gasteiger partial charge >= 0.3 is 0 Å². The van der Waals surface area contributed by atoms with Gasteiger partial charge in [-0.25, -0.2) is 0 Å². The molecule has 10 aromatic rings. The summed E-state index contributed by atoms with van der Waals surface area (Å²) in [6.07, 6.45) is 0. The summed E-state index contributed by atoms with van der Waals surface area (Å²) in [6, 6.07) is 73.8. The number of benzene rings is 9. The quantitative estimate of drug-likeness (QED) is 0.194. The van der Waals surface area contributed by atoms with E-state index < -0.39 is 5.41 Å². The van der Waals surface area contributed by atoms with Crippen LogP contribution in [-0.2, 0) is 5.41 Å². The van der Waals surface area contributed by atoms with Crippen molar-refractivity contribution in [3.8, 4) is 39.1 Å². The molecule has 55 heavy (non-hydrogen) atoms. The van der Waals surface area contributed by atoms with Gasteiger partial charge in [-0.05, 0) is 121 Å². The fourth-order valence-corrected chi connectivity index (χ4v) is 9.91. The summed E-state index contributed by atoms with van der Waals surface area (Å²) in [6.45, 7) is 0. The molecule has 0 atom stereocenters. The summed E-state index contributed by atoms with van der Waals surface area (Å²) in [5.41, 5.74) is 18.5. The highest BCUT2D eigenvalue weighted by Gasteiger charge is 2.51. The van der Waals surface area contributed by atoms with Crippen LogP contribution >= 0.6 is 0 Å². The van der Waals surface area contributed by atoms with E-state index in [1.165, 1.54) is 88.2 Å². The summed E-state index contributed by atoms with van der Waals surface area (Å²) >= 11 is 0. The minimum atomic E-state index is -0.393. The van der Waals surface area contributed by atoms with Gasteiger partial charge < -0.3 is 9.88 Å². The average molecular weight is 699 g/mol. The minimum Gasteiger partial charge on any atom is -0.356 e. The first kappa shape index (κ1) is 30.3. The van der Waals surface area contributed by atoms with E-state index in [2.05, 4.69) is 210 Å². The molecule has 2 heteroatoms. The van der Waals surface area contributed by atoms with Gasteiger partial charge in [0.05, 0.1) is 16.4 Å².